The van der Waals surface area contributed by atoms with Crippen LogP contribution in [0, 0.1) is 0 Å². The van der Waals surface area contributed by atoms with Gasteiger partial charge in [0.1, 0.15) is 0 Å². The lowest BCUT2D eigenvalue weighted by molar-refractivity contribution is 0.241. The fourth-order valence-corrected chi connectivity index (χ4v) is 2.66. The summed E-state index contributed by atoms with van der Waals surface area (Å²) in [5.41, 5.74) is 8.33. The Morgan fingerprint density at radius 3 is 2.84 bits per heavy atom. The summed E-state index contributed by atoms with van der Waals surface area (Å²) in [6, 6.07) is 8.53. The highest BCUT2D eigenvalue weighted by atomic mass is 79.9. The van der Waals surface area contributed by atoms with Gasteiger partial charge in [-0.1, -0.05) is 28.1 Å². The van der Waals surface area contributed by atoms with Gasteiger partial charge in [-0.2, -0.15) is 5.10 Å². The molecule has 19 heavy (non-hydrogen) atoms. The molecule has 0 saturated carbocycles. The number of hydrogen-bond donors (Lipinski definition) is 1. The average molecular weight is 323 g/mol. The molecule has 0 saturated heterocycles. The first-order valence-corrected chi connectivity index (χ1v) is 7.02. The predicted molar refractivity (Wildman–Crippen MR) is 80.6 cm³/mol. The van der Waals surface area contributed by atoms with E-state index < -0.39 is 0 Å². The molecule has 2 N–H and O–H groups in total. The van der Waals surface area contributed by atoms with Gasteiger partial charge in [0.15, 0.2) is 0 Å². The van der Waals surface area contributed by atoms with E-state index in [9.17, 15) is 0 Å². The predicted octanol–water partition coefficient (Wildman–Crippen LogP) is 2.31. The van der Waals surface area contributed by atoms with E-state index in [1.165, 1.54) is 5.56 Å². The maximum atomic E-state index is 5.91. The minimum Gasteiger partial charge on any atom is -0.329 e. The Labute approximate surface area is 122 Å². The maximum absolute atomic E-state index is 5.91. The molecule has 0 radical (unpaired) electrons. The molecule has 0 aliphatic rings. The van der Waals surface area contributed by atoms with Gasteiger partial charge in [0.05, 0.1) is 12.2 Å². The van der Waals surface area contributed by atoms with Crippen molar-refractivity contribution in [2.75, 3.05) is 13.6 Å². The van der Waals surface area contributed by atoms with Crippen molar-refractivity contribution >= 4 is 15.9 Å². The normalized spacial score (nSPS) is 12.9. The molecule has 0 bridgehead atoms. The SMILES string of the molecule is CN(Cc1cccc(Br)c1)C(CN)c1cnn(C)c1. The summed E-state index contributed by atoms with van der Waals surface area (Å²) >= 11 is 3.50. The van der Waals surface area contributed by atoms with Gasteiger partial charge in [-0.15, -0.1) is 0 Å². The highest BCUT2D eigenvalue weighted by Gasteiger charge is 2.17. The summed E-state index contributed by atoms with van der Waals surface area (Å²) in [6.07, 6.45) is 3.91. The molecule has 0 aliphatic carbocycles. The van der Waals surface area contributed by atoms with Crippen LogP contribution in [0.5, 0.6) is 0 Å². The minimum absolute atomic E-state index is 0.188. The zero-order valence-electron chi connectivity index (χ0n) is 11.3. The third-order valence-electron chi connectivity index (χ3n) is 3.19. The van der Waals surface area contributed by atoms with E-state index in [0.717, 1.165) is 16.6 Å². The number of likely N-dealkylation sites (N-methyl/N-ethyl adjacent to an activating group) is 1. The number of halogens is 1. The molecule has 0 amide bonds. The van der Waals surface area contributed by atoms with Gasteiger partial charge in [-0.05, 0) is 24.7 Å². The molecule has 1 aromatic heterocycles. The van der Waals surface area contributed by atoms with Crippen molar-refractivity contribution < 1.29 is 0 Å². The average Bonchev–Trinajstić information content (AvgIpc) is 2.76. The molecule has 1 atom stereocenters. The van der Waals surface area contributed by atoms with Crippen LogP contribution in [0.4, 0.5) is 0 Å². The number of aromatic nitrogens is 2. The molecular weight excluding hydrogens is 304 g/mol. The maximum Gasteiger partial charge on any atom is 0.0538 e. The standard InChI is InChI=1S/C14H19BrN4/c1-18(9-11-4-3-5-13(15)6-11)14(7-16)12-8-17-19(2)10-12/h3-6,8,10,14H,7,9,16H2,1-2H3. The fraction of sp³-hybridized carbons (Fsp3) is 0.357. The van der Waals surface area contributed by atoms with Crippen LogP contribution >= 0.6 is 15.9 Å². The van der Waals surface area contributed by atoms with Crippen molar-refractivity contribution in [3.63, 3.8) is 0 Å². The second-order valence-corrected chi connectivity index (χ2v) is 5.66. The van der Waals surface area contributed by atoms with Crippen LogP contribution in [0.15, 0.2) is 41.1 Å². The summed E-state index contributed by atoms with van der Waals surface area (Å²) in [4.78, 5) is 2.25. The van der Waals surface area contributed by atoms with Gasteiger partial charge in [-0.25, -0.2) is 0 Å². The molecule has 1 unspecified atom stereocenters. The van der Waals surface area contributed by atoms with Crippen LogP contribution in [-0.2, 0) is 13.6 Å². The zero-order chi connectivity index (χ0) is 13.8. The molecule has 2 aromatic rings. The molecular formula is C14H19BrN4. The Kier molecular flexibility index (Phi) is 4.74. The van der Waals surface area contributed by atoms with E-state index in [1.807, 2.05) is 30.2 Å². The molecule has 5 heteroatoms. The second-order valence-electron chi connectivity index (χ2n) is 4.74. The molecule has 4 nitrogen and oxygen atoms in total. The third-order valence-corrected chi connectivity index (χ3v) is 3.68. The van der Waals surface area contributed by atoms with Crippen molar-refractivity contribution in [2.24, 2.45) is 12.8 Å². The quantitative estimate of drug-likeness (QED) is 0.918. The van der Waals surface area contributed by atoms with E-state index in [0.29, 0.717) is 6.54 Å². The third kappa shape index (κ3) is 3.65. The first kappa shape index (κ1) is 14.2. The Balaban J connectivity index is 2.11. The summed E-state index contributed by atoms with van der Waals surface area (Å²) in [5.74, 6) is 0. The lowest BCUT2D eigenvalue weighted by atomic mass is 10.1. The van der Waals surface area contributed by atoms with E-state index >= 15 is 0 Å². The van der Waals surface area contributed by atoms with E-state index in [2.05, 4.69) is 51.2 Å². The minimum atomic E-state index is 0.188. The van der Waals surface area contributed by atoms with Crippen LogP contribution in [0.1, 0.15) is 17.2 Å². The highest BCUT2D eigenvalue weighted by Crippen LogP contribution is 2.21. The number of rotatable bonds is 5. The number of nitrogens with zero attached hydrogens (tertiary/aromatic N) is 3. The zero-order valence-corrected chi connectivity index (χ0v) is 12.8. The molecule has 1 heterocycles. The Hall–Kier alpha value is -1.17. The Morgan fingerprint density at radius 1 is 1.47 bits per heavy atom. The van der Waals surface area contributed by atoms with E-state index in [-0.39, 0.29) is 6.04 Å². The summed E-state index contributed by atoms with van der Waals surface area (Å²) in [7, 11) is 4.01. The number of aryl methyl sites for hydroxylation is 1. The molecule has 1 aromatic carbocycles. The van der Waals surface area contributed by atoms with Crippen LogP contribution in [0.2, 0.25) is 0 Å². The van der Waals surface area contributed by atoms with Crippen LogP contribution in [0.3, 0.4) is 0 Å². The summed E-state index contributed by atoms with van der Waals surface area (Å²) < 4.78 is 2.91. The van der Waals surface area contributed by atoms with Crippen molar-refractivity contribution in [3.8, 4) is 0 Å². The fourth-order valence-electron chi connectivity index (χ4n) is 2.22. The van der Waals surface area contributed by atoms with Gasteiger partial charge in [0.25, 0.3) is 0 Å². The van der Waals surface area contributed by atoms with Gasteiger partial charge >= 0.3 is 0 Å². The van der Waals surface area contributed by atoms with Crippen LogP contribution in [0.25, 0.3) is 0 Å². The lowest BCUT2D eigenvalue weighted by Crippen LogP contribution is -2.29. The Morgan fingerprint density at radius 2 is 2.26 bits per heavy atom. The lowest BCUT2D eigenvalue weighted by Gasteiger charge is -2.26. The number of benzene rings is 1. The highest BCUT2D eigenvalue weighted by molar-refractivity contribution is 9.10. The van der Waals surface area contributed by atoms with Gasteiger partial charge in [0, 0.05) is 36.4 Å². The van der Waals surface area contributed by atoms with Crippen molar-refractivity contribution in [3.05, 3.63) is 52.3 Å². The summed E-state index contributed by atoms with van der Waals surface area (Å²) in [5, 5.41) is 4.22. The number of hydrogen-bond acceptors (Lipinski definition) is 3. The van der Waals surface area contributed by atoms with Crippen LogP contribution < -0.4 is 5.73 Å². The van der Waals surface area contributed by atoms with Crippen LogP contribution in [-0.4, -0.2) is 28.3 Å². The summed E-state index contributed by atoms with van der Waals surface area (Å²) in [6.45, 7) is 1.44. The molecule has 102 valence electrons. The van der Waals surface area contributed by atoms with Gasteiger partial charge < -0.3 is 5.73 Å². The van der Waals surface area contributed by atoms with E-state index in [4.69, 9.17) is 5.73 Å². The molecule has 2 rings (SSSR count). The van der Waals surface area contributed by atoms with Gasteiger partial charge in [0.2, 0.25) is 0 Å². The van der Waals surface area contributed by atoms with Gasteiger partial charge in [-0.3, -0.25) is 9.58 Å². The first-order valence-electron chi connectivity index (χ1n) is 6.23. The first-order chi connectivity index (χ1) is 9.10. The largest absolute Gasteiger partial charge is 0.329 e. The van der Waals surface area contributed by atoms with Crippen molar-refractivity contribution in [1.29, 1.82) is 0 Å². The molecule has 0 spiro atoms. The Bertz CT molecular complexity index is 538. The number of nitrogens with two attached hydrogens (primary N) is 1. The smallest absolute Gasteiger partial charge is 0.0538 e. The van der Waals surface area contributed by atoms with Crippen molar-refractivity contribution in [2.45, 2.75) is 12.6 Å². The monoisotopic (exact) mass is 322 g/mol. The van der Waals surface area contributed by atoms with Crippen molar-refractivity contribution in [1.82, 2.24) is 14.7 Å². The second kappa shape index (κ2) is 6.32. The topological polar surface area (TPSA) is 47.1 Å². The van der Waals surface area contributed by atoms with E-state index in [1.54, 1.807) is 0 Å². The molecule has 0 aliphatic heterocycles. The molecule has 0 fully saturated rings.